The van der Waals surface area contributed by atoms with Gasteiger partial charge in [-0.15, -0.1) is 0 Å². The molecule has 164 valence electrons. The van der Waals surface area contributed by atoms with Gasteiger partial charge in [-0.2, -0.15) is 0 Å². The first-order valence-electron chi connectivity index (χ1n) is 10.1. The smallest absolute Gasteiger partial charge is 0.191 e. The van der Waals surface area contributed by atoms with Crippen LogP contribution in [0.4, 0.5) is 0 Å². The van der Waals surface area contributed by atoms with Gasteiger partial charge in [0, 0.05) is 26.1 Å². The van der Waals surface area contributed by atoms with Crippen molar-refractivity contribution in [2.24, 2.45) is 4.99 Å². The first kappa shape index (κ1) is 23.9. The molecule has 0 fully saturated rings. The highest BCUT2D eigenvalue weighted by atomic mass is 32.2. The van der Waals surface area contributed by atoms with Gasteiger partial charge in [-0.1, -0.05) is 63.2 Å². The van der Waals surface area contributed by atoms with E-state index in [-0.39, 0.29) is 30.2 Å². The van der Waals surface area contributed by atoms with Crippen LogP contribution >= 0.6 is 0 Å². The van der Waals surface area contributed by atoms with Gasteiger partial charge in [0.2, 0.25) is 0 Å². The molecule has 0 spiro atoms. The van der Waals surface area contributed by atoms with Gasteiger partial charge in [0.1, 0.15) is 0 Å². The van der Waals surface area contributed by atoms with Crippen molar-refractivity contribution in [2.45, 2.75) is 37.0 Å². The number of aliphatic hydroxyl groups is 1. The highest BCUT2D eigenvalue weighted by molar-refractivity contribution is 7.91. The minimum atomic E-state index is -3.39. The lowest BCUT2D eigenvalue weighted by molar-refractivity contribution is 0.265. The van der Waals surface area contributed by atoms with Crippen LogP contribution in [0.5, 0.6) is 0 Å². The molecule has 0 aliphatic rings. The first-order valence-corrected chi connectivity index (χ1v) is 11.8. The van der Waals surface area contributed by atoms with Gasteiger partial charge < -0.3 is 15.7 Å². The van der Waals surface area contributed by atoms with Crippen LogP contribution in [0.25, 0.3) is 0 Å². The molecule has 2 aromatic carbocycles. The third-order valence-electron chi connectivity index (χ3n) is 4.97. The minimum absolute atomic E-state index is 0.00689. The maximum Gasteiger partial charge on any atom is 0.191 e. The van der Waals surface area contributed by atoms with E-state index in [4.69, 9.17) is 0 Å². The quantitative estimate of drug-likeness (QED) is 0.442. The molecule has 1 atom stereocenters. The Morgan fingerprint density at radius 1 is 1.03 bits per heavy atom. The van der Waals surface area contributed by atoms with Crippen molar-refractivity contribution in [1.82, 2.24) is 10.6 Å². The normalized spacial score (nSPS) is 13.7. The van der Waals surface area contributed by atoms with E-state index in [0.29, 0.717) is 17.4 Å². The second-order valence-corrected chi connectivity index (χ2v) is 10.4. The Kier molecular flexibility index (Phi) is 8.43. The molecule has 7 heteroatoms. The van der Waals surface area contributed by atoms with Crippen molar-refractivity contribution in [2.75, 3.05) is 32.5 Å². The van der Waals surface area contributed by atoms with E-state index in [0.717, 1.165) is 11.1 Å². The number of guanidine groups is 1. The predicted octanol–water partition coefficient (Wildman–Crippen LogP) is 2.70. The van der Waals surface area contributed by atoms with E-state index >= 15 is 0 Å². The predicted molar refractivity (Wildman–Crippen MR) is 123 cm³/mol. The Hall–Kier alpha value is -2.38. The molecule has 0 aliphatic heterocycles. The van der Waals surface area contributed by atoms with Crippen LogP contribution in [0.15, 0.2) is 64.5 Å². The number of sulfone groups is 1. The summed E-state index contributed by atoms with van der Waals surface area (Å²) in [5, 5.41) is 15.9. The molecule has 0 bridgehead atoms. The largest absolute Gasteiger partial charge is 0.396 e. The van der Waals surface area contributed by atoms with Crippen molar-refractivity contribution < 1.29 is 13.5 Å². The van der Waals surface area contributed by atoms with Gasteiger partial charge in [0.25, 0.3) is 0 Å². The zero-order valence-corrected chi connectivity index (χ0v) is 19.0. The summed E-state index contributed by atoms with van der Waals surface area (Å²) in [6.07, 6.45) is 0. The zero-order chi connectivity index (χ0) is 22.2. The summed E-state index contributed by atoms with van der Waals surface area (Å²) in [6.45, 7) is 7.01. The highest BCUT2D eigenvalue weighted by Gasteiger charge is 2.18. The van der Waals surface area contributed by atoms with E-state index in [1.54, 1.807) is 19.2 Å². The topological polar surface area (TPSA) is 90.8 Å². The Morgan fingerprint density at radius 3 is 2.20 bits per heavy atom. The number of nitrogens with zero attached hydrogens (tertiary/aromatic N) is 1. The number of hydrogen-bond donors (Lipinski definition) is 3. The van der Waals surface area contributed by atoms with Crippen molar-refractivity contribution in [3.05, 3.63) is 65.7 Å². The molecule has 0 saturated carbocycles. The van der Waals surface area contributed by atoms with Gasteiger partial charge in [0.15, 0.2) is 15.8 Å². The Morgan fingerprint density at radius 2 is 1.67 bits per heavy atom. The SMILES string of the molecule is CN=C(NCCS(=O)(=O)c1ccc(C(C)(C)C)cc1)NCC(CO)c1ccccc1. The lowest BCUT2D eigenvalue weighted by Gasteiger charge is -2.19. The molecule has 1 unspecified atom stereocenters. The summed E-state index contributed by atoms with van der Waals surface area (Å²) in [4.78, 5) is 4.46. The summed E-state index contributed by atoms with van der Waals surface area (Å²) < 4.78 is 25.3. The summed E-state index contributed by atoms with van der Waals surface area (Å²) in [5.41, 5.74) is 2.11. The minimum Gasteiger partial charge on any atom is -0.396 e. The number of nitrogens with one attached hydrogen (secondary N) is 2. The van der Waals surface area contributed by atoms with Gasteiger partial charge in [-0.25, -0.2) is 8.42 Å². The van der Waals surface area contributed by atoms with Crippen LogP contribution in [-0.2, 0) is 15.3 Å². The summed E-state index contributed by atoms with van der Waals surface area (Å²) >= 11 is 0. The molecule has 2 rings (SSSR count). The molecule has 0 radical (unpaired) electrons. The molecule has 0 heterocycles. The van der Waals surface area contributed by atoms with E-state index in [9.17, 15) is 13.5 Å². The summed E-state index contributed by atoms with van der Waals surface area (Å²) in [7, 11) is -1.76. The van der Waals surface area contributed by atoms with Gasteiger partial charge in [-0.3, -0.25) is 4.99 Å². The standard InChI is InChI=1S/C23H33N3O3S/c1-23(2,3)20-10-12-21(13-11-20)30(28,29)15-14-25-22(24-4)26-16-19(17-27)18-8-6-5-7-9-18/h5-13,19,27H,14-17H2,1-4H3,(H2,24,25,26). The maximum atomic E-state index is 12.6. The van der Waals surface area contributed by atoms with Crippen LogP contribution in [-0.4, -0.2) is 52.0 Å². The van der Waals surface area contributed by atoms with Crippen LogP contribution in [0, 0.1) is 0 Å². The van der Waals surface area contributed by atoms with E-state index in [2.05, 4.69) is 36.4 Å². The van der Waals surface area contributed by atoms with Crippen molar-refractivity contribution >= 4 is 15.8 Å². The average molecular weight is 432 g/mol. The fourth-order valence-electron chi connectivity index (χ4n) is 3.04. The van der Waals surface area contributed by atoms with Crippen molar-refractivity contribution in [3.8, 4) is 0 Å². The van der Waals surface area contributed by atoms with Crippen molar-refractivity contribution in [1.29, 1.82) is 0 Å². The number of aliphatic imine (C=N–C) groups is 1. The van der Waals surface area contributed by atoms with E-state index < -0.39 is 9.84 Å². The number of hydrogen-bond acceptors (Lipinski definition) is 4. The number of rotatable bonds is 8. The lowest BCUT2D eigenvalue weighted by atomic mass is 9.87. The second-order valence-electron chi connectivity index (χ2n) is 8.26. The fraction of sp³-hybridized carbons (Fsp3) is 0.435. The second kappa shape index (κ2) is 10.6. The fourth-order valence-corrected chi connectivity index (χ4v) is 4.19. The summed E-state index contributed by atoms with van der Waals surface area (Å²) in [5.74, 6) is 0.391. The van der Waals surface area contributed by atoms with Gasteiger partial charge in [0.05, 0.1) is 17.3 Å². The molecular formula is C23H33N3O3S. The molecule has 0 aromatic heterocycles. The molecule has 30 heavy (non-hydrogen) atoms. The monoisotopic (exact) mass is 431 g/mol. The van der Waals surface area contributed by atoms with E-state index in [1.807, 2.05) is 42.5 Å². The van der Waals surface area contributed by atoms with Gasteiger partial charge >= 0.3 is 0 Å². The Bertz CT molecular complexity index is 918. The molecule has 2 aromatic rings. The lowest BCUT2D eigenvalue weighted by Crippen LogP contribution is -2.41. The zero-order valence-electron chi connectivity index (χ0n) is 18.2. The molecule has 3 N–H and O–H groups in total. The molecule has 0 amide bonds. The number of benzene rings is 2. The Balaban J connectivity index is 1.89. The average Bonchev–Trinajstić information content (AvgIpc) is 2.73. The molecule has 0 aliphatic carbocycles. The highest BCUT2D eigenvalue weighted by Crippen LogP contribution is 2.23. The first-order chi connectivity index (χ1) is 14.2. The number of aliphatic hydroxyl groups excluding tert-OH is 1. The molecule has 0 saturated heterocycles. The third-order valence-corrected chi connectivity index (χ3v) is 6.71. The van der Waals surface area contributed by atoms with Crippen LogP contribution in [0.1, 0.15) is 37.8 Å². The maximum absolute atomic E-state index is 12.6. The van der Waals surface area contributed by atoms with Crippen LogP contribution in [0.3, 0.4) is 0 Å². The van der Waals surface area contributed by atoms with Gasteiger partial charge in [-0.05, 0) is 28.7 Å². The molecular weight excluding hydrogens is 398 g/mol. The van der Waals surface area contributed by atoms with Crippen LogP contribution < -0.4 is 10.6 Å². The third kappa shape index (κ3) is 6.85. The van der Waals surface area contributed by atoms with Crippen LogP contribution in [0.2, 0.25) is 0 Å². The molecule has 6 nitrogen and oxygen atoms in total. The summed E-state index contributed by atoms with van der Waals surface area (Å²) in [6, 6.07) is 16.8. The van der Waals surface area contributed by atoms with Crippen molar-refractivity contribution in [3.63, 3.8) is 0 Å². The van der Waals surface area contributed by atoms with E-state index in [1.165, 1.54) is 0 Å². The Labute approximate surface area is 180 Å².